The Bertz CT molecular complexity index is 1050. The molecule has 0 radical (unpaired) electrons. The molecule has 0 fully saturated rings. The molecule has 0 atom stereocenters. The minimum Gasteiger partial charge on any atom is -0.369 e. The largest absolute Gasteiger partial charge is 0.369 e. The van der Waals surface area contributed by atoms with E-state index in [4.69, 9.17) is 17.3 Å². The molecule has 0 unspecified atom stereocenters. The van der Waals surface area contributed by atoms with Crippen LogP contribution in [0.25, 0.3) is 0 Å². The molecule has 3 aromatic rings. The lowest BCUT2D eigenvalue weighted by atomic mass is 10.2. The van der Waals surface area contributed by atoms with E-state index in [2.05, 4.69) is 110 Å². The number of nitrogens with two attached hydrogens (primary N) is 1. The maximum atomic E-state index is 5.43. The van der Waals surface area contributed by atoms with E-state index in [9.17, 15) is 0 Å². The zero-order valence-corrected chi connectivity index (χ0v) is 35.0. The fourth-order valence-electron chi connectivity index (χ4n) is 3.93. The van der Waals surface area contributed by atoms with Crippen LogP contribution < -0.4 is 16.0 Å². The first-order chi connectivity index (χ1) is 24.1. The maximum absolute atomic E-state index is 5.43. The minimum absolute atomic E-state index is 0.544. The molecule has 0 saturated carbocycles. The van der Waals surface area contributed by atoms with Crippen molar-refractivity contribution in [1.82, 2.24) is 29.7 Å². The van der Waals surface area contributed by atoms with Crippen molar-refractivity contribution in [2.75, 3.05) is 104 Å². The highest BCUT2D eigenvalue weighted by Crippen LogP contribution is 2.11. The van der Waals surface area contributed by atoms with Gasteiger partial charge in [0.2, 0.25) is 0 Å². The van der Waals surface area contributed by atoms with Crippen LogP contribution in [0, 0.1) is 0 Å². The molecular weight excluding hydrogens is 710 g/mol. The van der Waals surface area contributed by atoms with Gasteiger partial charge in [-0.3, -0.25) is 0 Å². The van der Waals surface area contributed by atoms with Crippen molar-refractivity contribution in [2.45, 2.75) is 65.2 Å². The second-order valence-corrected chi connectivity index (χ2v) is 13.7. The van der Waals surface area contributed by atoms with E-state index in [0.717, 1.165) is 57.4 Å². The first-order valence-electron chi connectivity index (χ1n) is 18.2. The molecule has 3 aromatic heterocycles. The van der Waals surface area contributed by atoms with E-state index in [1.807, 2.05) is 56.7 Å². The number of hydrogen-bond acceptors (Lipinski definition) is 9. The monoisotopic (exact) mass is 779 g/mol. The Morgan fingerprint density at radius 2 is 1.18 bits per heavy atom. The number of nitrogens with zero attached hydrogens (tertiary/aromatic N) is 7. The second-order valence-electron chi connectivity index (χ2n) is 12.5. The van der Waals surface area contributed by atoms with E-state index in [0.29, 0.717) is 5.15 Å². The van der Waals surface area contributed by atoms with Gasteiger partial charge in [-0.05, 0) is 91.5 Å². The highest BCUT2D eigenvalue weighted by Gasteiger charge is 2.07. The third kappa shape index (κ3) is 36.9. The quantitative estimate of drug-likeness (QED) is 0.0709. The molecule has 0 aromatic carbocycles. The summed E-state index contributed by atoms with van der Waals surface area (Å²) in [5.41, 5.74) is 5.19. The van der Waals surface area contributed by atoms with Gasteiger partial charge >= 0.3 is 0 Å². The SMILES string of the molecule is CCCCCCBr.CCCCCCN(CCN(C)C)c1ccccn1.CN(C)CCN.CN(C)CCNc1ccccn1.Clc1ccccn1. The fraction of sp³-hybridized carbons (Fsp3) is 0.615. The number of halogens is 2. The molecule has 0 spiro atoms. The van der Waals surface area contributed by atoms with Crippen molar-refractivity contribution in [3.8, 4) is 0 Å². The smallest absolute Gasteiger partial charge is 0.129 e. The summed E-state index contributed by atoms with van der Waals surface area (Å²) in [5, 5.41) is 4.94. The van der Waals surface area contributed by atoms with Crippen LogP contribution in [0.5, 0.6) is 0 Å². The van der Waals surface area contributed by atoms with Crippen molar-refractivity contribution < 1.29 is 0 Å². The molecule has 0 aliphatic carbocycles. The summed E-state index contributed by atoms with van der Waals surface area (Å²) < 4.78 is 0. The number of rotatable bonds is 19. The molecule has 0 bridgehead atoms. The summed E-state index contributed by atoms with van der Waals surface area (Å²) in [6.45, 7) is 11.4. The summed E-state index contributed by atoms with van der Waals surface area (Å²) in [4.78, 5) is 21.2. The molecule has 286 valence electrons. The summed E-state index contributed by atoms with van der Waals surface area (Å²) in [6, 6.07) is 17.4. The molecule has 0 saturated heterocycles. The summed E-state index contributed by atoms with van der Waals surface area (Å²) in [6.07, 6.45) is 16.0. The molecule has 9 nitrogen and oxygen atoms in total. The van der Waals surface area contributed by atoms with Gasteiger partial charge in [0.05, 0.1) is 0 Å². The number of pyridine rings is 3. The van der Waals surface area contributed by atoms with Gasteiger partial charge in [-0.2, -0.15) is 0 Å². The lowest BCUT2D eigenvalue weighted by Gasteiger charge is -2.25. The molecule has 0 aliphatic rings. The van der Waals surface area contributed by atoms with Crippen molar-refractivity contribution >= 4 is 39.2 Å². The number of unbranched alkanes of at least 4 members (excludes halogenated alkanes) is 6. The average Bonchev–Trinajstić information content (AvgIpc) is 3.10. The van der Waals surface area contributed by atoms with E-state index >= 15 is 0 Å². The second kappa shape index (κ2) is 37.9. The first kappa shape index (κ1) is 49.8. The van der Waals surface area contributed by atoms with Crippen molar-refractivity contribution in [3.05, 3.63) is 78.3 Å². The Labute approximate surface area is 320 Å². The van der Waals surface area contributed by atoms with E-state index in [1.54, 1.807) is 18.5 Å². The van der Waals surface area contributed by atoms with Crippen LogP contribution >= 0.6 is 27.5 Å². The molecule has 3 heterocycles. The average molecular weight is 781 g/mol. The van der Waals surface area contributed by atoms with Gasteiger partial charge in [0.25, 0.3) is 0 Å². The van der Waals surface area contributed by atoms with Crippen LogP contribution in [-0.4, -0.2) is 123 Å². The van der Waals surface area contributed by atoms with Gasteiger partial charge < -0.3 is 30.7 Å². The number of alkyl halides is 1. The van der Waals surface area contributed by atoms with Gasteiger partial charge in [0.1, 0.15) is 16.8 Å². The van der Waals surface area contributed by atoms with Crippen LogP contribution in [0.2, 0.25) is 5.15 Å². The van der Waals surface area contributed by atoms with E-state index < -0.39 is 0 Å². The Morgan fingerprint density at radius 3 is 1.58 bits per heavy atom. The molecular formula is C39H71BrClN9. The molecule has 3 N–H and O–H groups in total. The van der Waals surface area contributed by atoms with E-state index in [-0.39, 0.29) is 0 Å². The van der Waals surface area contributed by atoms with Crippen molar-refractivity contribution in [2.24, 2.45) is 5.73 Å². The topological polar surface area (TPSA) is 89.7 Å². The zero-order valence-electron chi connectivity index (χ0n) is 32.7. The molecule has 50 heavy (non-hydrogen) atoms. The fourth-order valence-corrected chi connectivity index (χ4v) is 4.45. The number of nitrogens with one attached hydrogen (secondary N) is 1. The predicted octanol–water partition coefficient (Wildman–Crippen LogP) is 8.29. The van der Waals surface area contributed by atoms with Crippen LogP contribution in [0.15, 0.2) is 73.2 Å². The van der Waals surface area contributed by atoms with Crippen LogP contribution in [0.3, 0.4) is 0 Å². The van der Waals surface area contributed by atoms with Crippen molar-refractivity contribution in [1.29, 1.82) is 0 Å². The van der Waals surface area contributed by atoms with Gasteiger partial charge in [-0.25, -0.2) is 15.0 Å². The van der Waals surface area contributed by atoms with E-state index in [1.165, 1.54) is 56.7 Å². The Kier molecular flexibility index (Phi) is 37.7. The van der Waals surface area contributed by atoms with Gasteiger partial charge in [0.15, 0.2) is 0 Å². The Balaban J connectivity index is 0. The van der Waals surface area contributed by atoms with Gasteiger partial charge in [0, 0.05) is 69.7 Å². The number of aromatic nitrogens is 3. The number of anilines is 2. The normalized spacial score (nSPS) is 10.1. The van der Waals surface area contributed by atoms with Crippen LogP contribution in [0.1, 0.15) is 65.2 Å². The Morgan fingerprint density at radius 1 is 0.620 bits per heavy atom. The lowest BCUT2D eigenvalue weighted by Crippen LogP contribution is -2.33. The van der Waals surface area contributed by atoms with Crippen molar-refractivity contribution in [3.63, 3.8) is 0 Å². The lowest BCUT2D eigenvalue weighted by molar-refractivity contribution is 0.411. The predicted molar refractivity (Wildman–Crippen MR) is 225 cm³/mol. The van der Waals surface area contributed by atoms with Gasteiger partial charge in [-0.15, -0.1) is 0 Å². The molecule has 3 rings (SSSR count). The summed E-state index contributed by atoms with van der Waals surface area (Å²) >= 11 is 8.81. The van der Waals surface area contributed by atoms with Gasteiger partial charge in [-0.1, -0.05) is 98.1 Å². The molecule has 11 heteroatoms. The van der Waals surface area contributed by atoms with Crippen LogP contribution in [-0.2, 0) is 0 Å². The Hall–Kier alpha value is -2.34. The third-order valence-electron chi connectivity index (χ3n) is 6.79. The third-order valence-corrected chi connectivity index (χ3v) is 7.58. The molecule has 0 amide bonds. The van der Waals surface area contributed by atoms with Crippen LogP contribution in [0.4, 0.5) is 11.6 Å². The molecule has 0 aliphatic heterocycles. The minimum atomic E-state index is 0.544. The standard InChI is InChI=1S/C15H27N3.C9H15N3.C6H13Br.C5H4ClN.C4H12N2/c1-4-5-6-9-12-18(14-13-17(2)3)15-10-7-8-11-16-15;1-12(2)8-7-11-9-5-3-4-6-10-9;1-2-3-4-5-6-7;6-5-3-1-2-4-7-5;1-6(2)4-3-5/h7-8,10-11H,4-6,9,12-14H2,1-3H3;3-6H,7-8H2,1-2H3,(H,10,11);2-6H2,1H3;1-4H;3-5H2,1-2H3. The zero-order chi connectivity index (χ0) is 37.7. The highest BCUT2D eigenvalue weighted by molar-refractivity contribution is 9.09. The maximum Gasteiger partial charge on any atom is 0.129 e. The highest BCUT2D eigenvalue weighted by atomic mass is 79.9. The first-order valence-corrected chi connectivity index (χ1v) is 19.7. The summed E-state index contributed by atoms with van der Waals surface area (Å²) in [5.74, 6) is 2.05. The summed E-state index contributed by atoms with van der Waals surface area (Å²) in [7, 11) is 12.4. The number of hydrogen-bond donors (Lipinski definition) is 2. The number of likely N-dealkylation sites (N-methyl/N-ethyl adjacent to an activating group) is 3.